The first kappa shape index (κ1) is 15.3. The van der Waals surface area contributed by atoms with Crippen LogP contribution in [-0.2, 0) is 12.8 Å². The third kappa shape index (κ3) is 4.47. The van der Waals surface area contributed by atoms with Crippen LogP contribution in [0.25, 0.3) is 0 Å². The van der Waals surface area contributed by atoms with Gasteiger partial charge in [0.1, 0.15) is 0 Å². The molecule has 1 unspecified atom stereocenters. The Hall–Kier alpha value is -0.0600. The van der Waals surface area contributed by atoms with Gasteiger partial charge in [-0.05, 0) is 59.6 Å². The van der Waals surface area contributed by atoms with Crippen LogP contribution in [0.1, 0.15) is 10.4 Å². The number of benzene rings is 1. The van der Waals surface area contributed by atoms with E-state index in [2.05, 4.69) is 32.7 Å². The van der Waals surface area contributed by atoms with Crippen LogP contribution >= 0.6 is 50.5 Å². The van der Waals surface area contributed by atoms with Gasteiger partial charge in [-0.2, -0.15) is 0 Å². The Kier molecular flexibility index (Phi) is 5.72. The van der Waals surface area contributed by atoms with Gasteiger partial charge in [-0.15, -0.1) is 11.3 Å². The second kappa shape index (κ2) is 7.09. The molecule has 0 amide bonds. The summed E-state index contributed by atoms with van der Waals surface area (Å²) in [6.45, 7) is 0. The number of thiophene rings is 1. The summed E-state index contributed by atoms with van der Waals surface area (Å²) in [4.78, 5) is 1.37. The van der Waals surface area contributed by atoms with Crippen molar-refractivity contribution in [1.82, 2.24) is 5.32 Å². The first-order chi connectivity index (χ1) is 9.08. The molecule has 0 aliphatic rings. The van der Waals surface area contributed by atoms with Crippen molar-refractivity contribution < 1.29 is 0 Å². The molecule has 0 saturated carbocycles. The Balaban J connectivity index is 2.04. The summed E-state index contributed by atoms with van der Waals surface area (Å²) in [5, 5.41) is 6.69. The molecule has 19 heavy (non-hydrogen) atoms. The van der Waals surface area contributed by atoms with Crippen molar-refractivity contribution in [3.8, 4) is 0 Å². The van der Waals surface area contributed by atoms with Crippen molar-refractivity contribution in [2.75, 3.05) is 7.05 Å². The lowest BCUT2D eigenvalue weighted by molar-refractivity contribution is 0.560. The van der Waals surface area contributed by atoms with E-state index in [9.17, 15) is 0 Å². The average molecular weight is 379 g/mol. The predicted octanol–water partition coefficient (Wildman–Crippen LogP) is 5.19. The van der Waals surface area contributed by atoms with Crippen molar-refractivity contribution in [2.45, 2.75) is 18.9 Å². The summed E-state index contributed by atoms with van der Waals surface area (Å²) in [6, 6.07) is 8.39. The average Bonchev–Trinajstić information content (AvgIpc) is 2.78. The van der Waals surface area contributed by atoms with Crippen LogP contribution < -0.4 is 5.32 Å². The highest BCUT2D eigenvalue weighted by atomic mass is 79.9. The van der Waals surface area contributed by atoms with Gasteiger partial charge in [0, 0.05) is 20.8 Å². The lowest BCUT2D eigenvalue weighted by Gasteiger charge is -2.15. The predicted molar refractivity (Wildman–Crippen MR) is 88.7 cm³/mol. The van der Waals surface area contributed by atoms with Gasteiger partial charge in [0.2, 0.25) is 0 Å². The summed E-state index contributed by atoms with van der Waals surface area (Å²) in [7, 11) is 1.99. The van der Waals surface area contributed by atoms with Gasteiger partial charge in [-0.3, -0.25) is 0 Å². The molecule has 0 radical (unpaired) electrons. The molecule has 0 aliphatic carbocycles. The summed E-state index contributed by atoms with van der Waals surface area (Å²) >= 11 is 17.2. The summed E-state index contributed by atoms with van der Waals surface area (Å²) < 4.78 is 1.15. The maximum Gasteiger partial charge on any atom is 0.0595 e. The molecule has 102 valence electrons. The molecule has 5 heteroatoms. The Morgan fingerprint density at radius 1 is 1.21 bits per heavy atom. The van der Waals surface area contributed by atoms with E-state index in [0.29, 0.717) is 16.1 Å². The molecule has 1 aromatic heterocycles. The number of halogens is 3. The molecule has 0 saturated heterocycles. The number of nitrogens with one attached hydrogen (secondary N) is 1. The standard InChI is InChI=1S/C14H14BrCl2NS/c1-18-11(7-12-6-10(15)8-19-12)4-9-2-3-13(16)14(17)5-9/h2-3,5-6,8,11,18H,4,7H2,1H3. The Labute approximate surface area is 136 Å². The highest BCUT2D eigenvalue weighted by molar-refractivity contribution is 9.10. The van der Waals surface area contributed by atoms with Gasteiger partial charge in [0.05, 0.1) is 10.0 Å². The molecule has 1 aromatic carbocycles. The van der Waals surface area contributed by atoms with E-state index in [-0.39, 0.29) is 0 Å². The Morgan fingerprint density at radius 3 is 2.58 bits per heavy atom. The number of hydrogen-bond donors (Lipinski definition) is 1. The van der Waals surface area contributed by atoms with Gasteiger partial charge in [0.25, 0.3) is 0 Å². The molecule has 2 rings (SSSR count). The number of hydrogen-bond acceptors (Lipinski definition) is 2. The normalized spacial score (nSPS) is 12.6. The van der Waals surface area contributed by atoms with E-state index in [1.807, 2.05) is 25.2 Å². The third-order valence-electron chi connectivity index (χ3n) is 2.94. The highest BCUT2D eigenvalue weighted by Gasteiger charge is 2.11. The molecule has 0 spiro atoms. The van der Waals surface area contributed by atoms with Crippen LogP contribution in [0, 0.1) is 0 Å². The zero-order valence-corrected chi connectivity index (χ0v) is 14.3. The zero-order chi connectivity index (χ0) is 13.8. The third-order valence-corrected chi connectivity index (χ3v) is 5.40. The summed E-state index contributed by atoms with van der Waals surface area (Å²) in [5.41, 5.74) is 1.20. The minimum Gasteiger partial charge on any atom is -0.316 e. The summed E-state index contributed by atoms with van der Waals surface area (Å²) in [6.07, 6.45) is 1.94. The van der Waals surface area contributed by atoms with Gasteiger partial charge < -0.3 is 5.32 Å². The van der Waals surface area contributed by atoms with Gasteiger partial charge >= 0.3 is 0 Å². The fourth-order valence-corrected chi connectivity index (χ4v) is 3.78. The zero-order valence-electron chi connectivity index (χ0n) is 10.4. The number of rotatable bonds is 5. The maximum atomic E-state index is 6.05. The van der Waals surface area contributed by atoms with Gasteiger partial charge in [-0.1, -0.05) is 29.3 Å². The lowest BCUT2D eigenvalue weighted by atomic mass is 10.0. The monoisotopic (exact) mass is 377 g/mol. The topological polar surface area (TPSA) is 12.0 Å². The molecule has 0 bridgehead atoms. The molecule has 1 nitrogen and oxygen atoms in total. The van der Waals surface area contributed by atoms with Crippen LogP contribution in [0.5, 0.6) is 0 Å². The largest absolute Gasteiger partial charge is 0.316 e. The smallest absolute Gasteiger partial charge is 0.0595 e. The van der Waals surface area contributed by atoms with Crippen LogP contribution in [0.4, 0.5) is 0 Å². The molecule has 1 atom stereocenters. The molecular formula is C14H14BrCl2NS. The molecule has 0 aliphatic heterocycles. The fourth-order valence-electron chi connectivity index (χ4n) is 1.93. The Morgan fingerprint density at radius 2 is 2.00 bits per heavy atom. The van der Waals surface area contributed by atoms with Crippen molar-refractivity contribution in [1.29, 1.82) is 0 Å². The first-order valence-electron chi connectivity index (χ1n) is 5.92. The van der Waals surface area contributed by atoms with Crippen molar-refractivity contribution in [3.05, 3.63) is 54.6 Å². The van der Waals surface area contributed by atoms with Crippen LogP contribution in [-0.4, -0.2) is 13.1 Å². The van der Waals surface area contributed by atoms with Gasteiger partial charge in [0.15, 0.2) is 0 Å². The molecule has 1 N–H and O–H groups in total. The van der Waals surface area contributed by atoms with E-state index in [1.54, 1.807) is 11.3 Å². The maximum absolute atomic E-state index is 6.05. The molecule has 0 fully saturated rings. The minimum absolute atomic E-state index is 0.391. The van der Waals surface area contributed by atoms with E-state index in [0.717, 1.165) is 17.3 Å². The van der Waals surface area contributed by atoms with Crippen LogP contribution in [0.15, 0.2) is 34.1 Å². The van der Waals surface area contributed by atoms with E-state index >= 15 is 0 Å². The van der Waals surface area contributed by atoms with Crippen LogP contribution in [0.3, 0.4) is 0 Å². The quantitative estimate of drug-likeness (QED) is 0.754. The Bertz CT molecular complexity index is 556. The molecule has 1 heterocycles. The van der Waals surface area contributed by atoms with Crippen molar-refractivity contribution >= 4 is 50.5 Å². The van der Waals surface area contributed by atoms with Crippen molar-refractivity contribution in [3.63, 3.8) is 0 Å². The first-order valence-corrected chi connectivity index (χ1v) is 8.35. The second-order valence-electron chi connectivity index (χ2n) is 4.37. The summed E-state index contributed by atoms with van der Waals surface area (Å²) in [5.74, 6) is 0. The van der Waals surface area contributed by atoms with Crippen LogP contribution in [0.2, 0.25) is 10.0 Å². The van der Waals surface area contributed by atoms with E-state index in [4.69, 9.17) is 23.2 Å². The number of likely N-dealkylation sites (N-methyl/N-ethyl adjacent to an activating group) is 1. The lowest BCUT2D eigenvalue weighted by Crippen LogP contribution is -2.29. The minimum atomic E-state index is 0.391. The highest BCUT2D eigenvalue weighted by Crippen LogP contribution is 2.25. The van der Waals surface area contributed by atoms with E-state index < -0.39 is 0 Å². The van der Waals surface area contributed by atoms with E-state index in [1.165, 1.54) is 10.4 Å². The second-order valence-corrected chi connectivity index (χ2v) is 7.10. The van der Waals surface area contributed by atoms with Gasteiger partial charge in [-0.25, -0.2) is 0 Å². The van der Waals surface area contributed by atoms with Crippen molar-refractivity contribution in [2.24, 2.45) is 0 Å². The molecular weight excluding hydrogens is 365 g/mol. The fraction of sp³-hybridized carbons (Fsp3) is 0.286. The molecule has 2 aromatic rings. The SMILES string of the molecule is CNC(Cc1ccc(Cl)c(Cl)c1)Cc1cc(Br)cs1.